The summed E-state index contributed by atoms with van der Waals surface area (Å²) in [4.78, 5) is 23.9. The first kappa shape index (κ1) is 25.6. The summed E-state index contributed by atoms with van der Waals surface area (Å²) in [5.41, 5.74) is 5.80. The molecule has 1 heterocycles. The number of hydrogen-bond acceptors (Lipinski definition) is 5. The van der Waals surface area contributed by atoms with Crippen molar-refractivity contribution in [3.8, 4) is 5.75 Å². The molecule has 6 heteroatoms. The molecule has 200 valence electrons. The molecule has 40 heavy (non-hydrogen) atoms. The number of nitrogens with zero attached hydrogens (tertiary/aromatic N) is 1. The van der Waals surface area contributed by atoms with Gasteiger partial charge in [-0.15, -0.1) is 0 Å². The third-order valence-electron chi connectivity index (χ3n) is 8.34. The Hall–Kier alpha value is -4.71. The van der Waals surface area contributed by atoms with Gasteiger partial charge in [0.25, 0.3) is 5.69 Å². The van der Waals surface area contributed by atoms with Gasteiger partial charge in [0.1, 0.15) is 5.75 Å². The summed E-state index contributed by atoms with van der Waals surface area (Å²) in [5.74, 6) is 0.503. The molecule has 0 spiro atoms. The summed E-state index contributed by atoms with van der Waals surface area (Å²) < 4.78 is 5.76. The summed E-state index contributed by atoms with van der Waals surface area (Å²) in [6.45, 7) is 4.36. The van der Waals surface area contributed by atoms with Gasteiger partial charge in [0.15, 0.2) is 0 Å². The molecule has 0 fully saturated rings. The van der Waals surface area contributed by atoms with Crippen LogP contribution in [0.5, 0.6) is 5.75 Å². The van der Waals surface area contributed by atoms with Gasteiger partial charge >= 0.3 is 5.97 Å². The summed E-state index contributed by atoms with van der Waals surface area (Å²) >= 11 is 0. The standard InChI is InChI=1S/C34H30N2O4/c1-34(2,24-7-4-3-5-8-24)25-14-18-27(19-15-25)40-33(37)23-13-20-31-30(21-23)28-9-6-10-29(28)32(35-31)22-11-16-26(17-12-22)36(38)39/h3-9,11-21,28-29,32,35H,10H2,1-2H3/t28-,29+,32+/m1/s1. The number of hydrogen-bond donors (Lipinski definition) is 1. The number of allylic oxidation sites excluding steroid dienone is 2. The molecular weight excluding hydrogens is 500 g/mol. The summed E-state index contributed by atoms with van der Waals surface area (Å²) in [6.07, 6.45) is 5.26. The van der Waals surface area contributed by atoms with Crippen LogP contribution >= 0.6 is 0 Å². The molecule has 0 amide bonds. The molecule has 1 N–H and O–H groups in total. The number of anilines is 1. The van der Waals surface area contributed by atoms with Crippen molar-refractivity contribution in [1.29, 1.82) is 0 Å². The maximum atomic E-state index is 13.2. The first-order valence-corrected chi connectivity index (χ1v) is 13.5. The highest BCUT2D eigenvalue weighted by Gasteiger charge is 2.38. The lowest BCUT2D eigenvalue weighted by molar-refractivity contribution is -0.384. The SMILES string of the molecule is CC(C)(c1ccccc1)c1ccc(OC(=O)c2ccc3c(c2)[C@@H]2C=CC[C@@H]2[C@H](c2ccc([N+](=O)[O-])cc2)N3)cc1. The second kappa shape index (κ2) is 10.1. The number of benzene rings is 4. The monoisotopic (exact) mass is 530 g/mol. The Morgan fingerprint density at radius 1 is 0.925 bits per heavy atom. The van der Waals surface area contributed by atoms with Crippen molar-refractivity contribution in [2.45, 2.75) is 37.6 Å². The maximum absolute atomic E-state index is 13.2. The highest BCUT2D eigenvalue weighted by Crippen LogP contribution is 2.50. The molecule has 6 nitrogen and oxygen atoms in total. The van der Waals surface area contributed by atoms with Crippen molar-refractivity contribution in [3.63, 3.8) is 0 Å². The van der Waals surface area contributed by atoms with E-state index in [1.807, 2.05) is 66.7 Å². The molecular formula is C34H30N2O4. The molecule has 4 aromatic rings. The topological polar surface area (TPSA) is 81.5 Å². The average Bonchev–Trinajstić information content (AvgIpc) is 3.48. The molecule has 1 aliphatic carbocycles. The van der Waals surface area contributed by atoms with E-state index >= 15 is 0 Å². The zero-order valence-electron chi connectivity index (χ0n) is 22.4. The zero-order valence-corrected chi connectivity index (χ0v) is 22.4. The molecule has 0 bridgehead atoms. The highest BCUT2D eigenvalue weighted by atomic mass is 16.6. The van der Waals surface area contributed by atoms with Crippen LogP contribution in [-0.2, 0) is 5.41 Å². The molecule has 6 rings (SSSR count). The second-order valence-electron chi connectivity index (χ2n) is 11.0. The molecule has 0 saturated carbocycles. The van der Waals surface area contributed by atoms with Crippen LogP contribution in [0, 0.1) is 16.0 Å². The van der Waals surface area contributed by atoms with Gasteiger partial charge in [0.2, 0.25) is 0 Å². The lowest BCUT2D eigenvalue weighted by Crippen LogP contribution is -2.29. The molecule has 0 radical (unpaired) electrons. The molecule has 0 saturated heterocycles. The Labute approximate surface area is 233 Å². The minimum Gasteiger partial charge on any atom is -0.423 e. The smallest absolute Gasteiger partial charge is 0.343 e. The normalized spacial score (nSPS) is 19.3. The van der Waals surface area contributed by atoms with Gasteiger partial charge in [-0.25, -0.2) is 4.79 Å². The van der Waals surface area contributed by atoms with Crippen molar-refractivity contribution < 1.29 is 14.5 Å². The van der Waals surface area contributed by atoms with Crippen molar-refractivity contribution in [2.75, 3.05) is 5.32 Å². The number of carbonyl (C=O) groups is 1. The van der Waals surface area contributed by atoms with E-state index in [4.69, 9.17) is 4.74 Å². The first-order valence-electron chi connectivity index (χ1n) is 13.5. The second-order valence-corrected chi connectivity index (χ2v) is 11.0. The van der Waals surface area contributed by atoms with E-state index in [1.54, 1.807) is 18.2 Å². The highest BCUT2D eigenvalue weighted by molar-refractivity contribution is 5.92. The van der Waals surface area contributed by atoms with E-state index in [0.717, 1.165) is 28.8 Å². The number of rotatable bonds is 6. The number of ether oxygens (including phenoxy) is 1. The lowest BCUT2D eigenvalue weighted by Gasteiger charge is -2.37. The fourth-order valence-electron chi connectivity index (χ4n) is 5.98. The first-order chi connectivity index (χ1) is 19.3. The number of nitro benzene ring substituents is 1. The van der Waals surface area contributed by atoms with E-state index in [-0.39, 0.29) is 33.9 Å². The molecule has 3 atom stereocenters. The Kier molecular flexibility index (Phi) is 6.46. The predicted octanol–water partition coefficient (Wildman–Crippen LogP) is 7.97. The van der Waals surface area contributed by atoms with Crippen LogP contribution in [0.3, 0.4) is 0 Å². The van der Waals surface area contributed by atoms with Crippen molar-refractivity contribution in [1.82, 2.24) is 0 Å². The molecule has 0 unspecified atom stereocenters. The largest absolute Gasteiger partial charge is 0.423 e. The van der Waals surface area contributed by atoms with Crippen molar-refractivity contribution in [2.24, 2.45) is 5.92 Å². The molecule has 2 aliphatic rings. The number of fused-ring (bicyclic) bond motifs is 3. The van der Waals surface area contributed by atoms with Crippen LogP contribution in [0.25, 0.3) is 0 Å². The van der Waals surface area contributed by atoms with E-state index in [9.17, 15) is 14.9 Å². The van der Waals surface area contributed by atoms with Crippen LogP contribution in [0.1, 0.15) is 64.8 Å². The molecule has 0 aromatic heterocycles. The fourth-order valence-corrected chi connectivity index (χ4v) is 5.98. The zero-order chi connectivity index (χ0) is 27.9. The fraction of sp³-hybridized carbons (Fsp3) is 0.206. The minimum atomic E-state index is -0.395. The van der Waals surface area contributed by atoms with Gasteiger partial charge in [-0.1, -0.05) is 80.6 Å². The number of esters is 1. The van der Waals surface area contributed by atoms with Crippen LogP contribution in [0.4, 0.5) is 11.4 Å². The summed E-state index contributed by atoms with van der Waals surface area (Å²) in [7, 11) is 0. The van der Waals surface area contributed by atoms with Gasteiger partial charge < -0.3 is 10.1 Å². The van der Waals surface area contributed by atoms with Crippen molar-refractivity contribution >= 4 is 17.3 Å². The number of non-ortho nitro benzene ring substituents is 1. The Morgan fingerprint density at radius 2 is 1.62 bits per heavy atom. The third-order valence-corrected chi connectivity index (χ3v) is 8.34. The number of nitro groups is 1. The van der Waals surface area contributed by atoms with Gasteiger partial charge in [-0.2, -0.15) is 0 Å². The average molecular weight is 531 g/mol. The van der Waals surface area contributed by atoms with Crippen LogP contribution < -0.4 is 10.1 Å². The van der Waals surface area contributed by atoms with Gasteiger partial charge in [-0.3, -0.25) is 10.1 Å². The van der Waals surface area contributed by atoms with E-state index in [0.29, 0.717) is 11.3 Å². The van der Waals surface area contributed by atoms with Gasteiger partial charge in [0, 0.05) is 29.2 Å². The lowest BCUT2D eigenvalue weighted by atomic mass is 9.76. The van der Waals surface area contributed by atoms with E-state index in [1.165, 1.54) is 5.56 Å². The number of carbonyl (C=O) groups excluding carboxylic acids is 1. The predicted molar refractivity (Wildman–Crippen MR) is 156 cm³/mol. The van der Waals surface area contributed by atoms with Crippen LogP contribution in [-0.4, -0.2) is 10.9 Å². The minimum absolute atomic E-state index is 0.0183. The summed E-state index contributed by atoms with van der Waals surface area (Å²) in [6, 6.07) is 30.5. The number of nitrogens with one attached hydrogen (secondary N) is 1. The Morgan fingerprint density at radius 3 is 2.33 bits per heavy atom. The van der Waals surface area contributed by atoms with Gasteiger partial charge in [-0.05, 0) is 64.9 Å². The summed E-state index contributed by atoms with van der Waals surface area (Å²) in [5, 5.41) is 14.7. The maximum Gasteiger partial charge on any atom is 0.343 e. The Balaban J connectivity index is 1.20. The van der Waals surface area contributed by atoms with E-state index < -0.39 is 5.97 Å². The van der Waals surface area contributed by atoms with Crippen molar-refractivity contribution in [3.05, 3.63) is 147 Å². The van der Waals surface area contributed by atoms with Gasteiger partial charge in [0.05, 0.1) is 16.5 Å². The van der Waals surface area contributed by atoms with Crippen LogP contribution in [0.2, 0.25) is 0 Å². The third kappa shape index (κ3) is 4.66. The van der Waals surface area contributed by atoms with E-state index in [2.05, 4.69) is 43.4 Å². The molecule has 1 aliphatic heterocycles. The molecule has 4 aromatic carbocycles. The Bertz CT molecular complexity index is 1590. The van der Waals surface area contributed by atoms with Crippen LogP contribution in [0.15, 0.2) is 109 Å². The quantitative estimate of drug-likeness (QED) is 0.0899.